The smallest absolute Gasteiger partial charge is 0.416 e. The van der Waals surface area contributed by atoms with Crippen molar-refractivity contribution < 1.29 is 17.9 Å². The third-order valence-corrected chi connectivity index (χ3v) is 3.54. The molecule has 2 aromatic rings. The maximum Gasteiger partial charge on any atom is 0.416 e. The molecule has 2 aromatic carbocycles. The van der Waals surface area contributed by atoms with E-state index in [1.165, 1.54) is 18.3 Å². The maximum absolute atomic E-state index is 12.5. The van der Waals surface area contributed by atoms with Gasteiger partial charge < -0.3 is 5.21 Å². The van der Waals surface area contributed by atoms with Crippen molar-refractivity contribution in [2.75, 3.05) is 0 Å². The number of rotatable bonds is 3. The largest absolute Gasteiger partial charge is 0.623 e. The van der Waals surface area contributed by atoms with Gasteiger partial charge in [-0.3, -0.25) is 0 Å². The lowest BCUT2D eigenvalue weighted by Crippen LogP contribution is -2.30. The van der Waals surface area contributed by atoms with Gasteiger partial charge in [-0.15, -0.1) is 0 Å². The molecule has 0 aromatic heterocycles. The lowest BCUT2D eigenvalue weighted by atomic mass is 9.95. The fourth-order valence-electron chi connectivity index (χ4n) is 2.03. The standard InChI is InChI=1S/C17H16F3NO/c1-16(2,14-6-4-3-5-7-14)21(22)12-13-8-10-15(11-9-13)17(18,19)20/h3-12H,1-2H3. The number of halogens is 3. The molecular weight excluding hydrogens is 291 g/mol. The van der Waals surface area contributed by atoms with Crippen LogP contribution < -0.4 is 0 Å². The lowest BCUT2D eigenvalue weighted by Gasteiger charge is -2.24. The molecule has 5 heteroatoms. The van der Waals surface area contributed by atoms with Crippen molar-refractivity contribution in [3.8, 4) is 0 Å². The number of benzene rings is 2. The van der Waals surface area contributed by atoms with Crippen molar-refractivity contribution >= 4 is 6.21 Å². The quantitative estimate of drug-likeness (QED) is 0.353. The van der Waals surface area contributed by atoms with Crippen molar-refractivity contribution in [3.05, 3.63) is 76.5 Å². The van der Waals surface area contributed by atoms with Gasteiger partial charge in [-0.1, -0.05) is 30.3 Å². The Bertz CT molecular complexity index is 659. The van der Waals surface area contributed by atoms with E-state index >= 15 is 0 Å². The highest BCUT2D eigenvalue weighted by Crippen LogP contribution is 2.29. The van der Waals surface area contributed by atoms with Crippen LogP contribution in [-0.4, -0.2) is 11.0 Å². The van der Waals surface area contributed by atoms with Crippen LogP contribution in [0.1, 0.15) is 30.5 Å². The summed E-state index contributed by atoms with van der Waals surface area (Å²) in [6, 6.07) is 13.7. The van der Waals surface area contributed by atoms with Crippen LogP contribution in [0, 0.1) is 5.21 Å². The zero-order valence-electron chi connectivity index (χ0n) is 12.3. The van der Waals surface area contributed by atoms with Crippen LogP contribution in [0.3, 0.4) is 0 Å². The summed E-state index contributed by atoms with van der Waals surface area (Å²) < 4.78 is 38.3. The molecular formula is C17H16F3NO. The number of hydrogen-bond donors (Lipinski definition) is 0. The highest BCUT2D eigenvalue weighted by molar-refractivity contribution is 5.75. The zero-order valence-corrected chi connectivity index (χ0v) is 12.3. The minimum atomic E-state index is -4.38. The second-order valence-electron chi connectivity index (χ2n) is 5.50. The van der Waals surface area contributed by atoms with E-state index in [0.29, 0.717) is 5.56 Å². The zero-order chi connectivity index (χ0) is 16.4. The monoisotopic (exact) mass is 307 g/mol. The van der Waals surface area contributed by atoms with Gasteiger partial charge in [-0.2, -0.15) is 13.2 Å². The van der Waals surface area contributed by atoms with Gasteiger partial charge in [-0.25, -0.2) is 4.74 Å². The van der Waals surface area contributed by atoms with Crippen LogP contribution in [-0.2, 0) is 11.7 Å². The first kappa shape index (κ1) is 16.1. The third kappa shape index (κ3) is 3.47. The first-order valence-electron chi connectivity index (χ1n) is 6.75. The summed E-state index contributed by atoms with van der Waals surface area (Å²) in [5.74, 6) is 0. The summed E-state index contributed by atoms with van der Waals surface area (Å²) in [6.07, 6.45) is -3.08. The van der Waals surface area contributed by atoms with Gasteiger partial charge in [0.1, 0.15) is 0 Å². The van der Waals surface area contributed by atoms with E-state index in [0.717, 1.165) is 22.4 Å². The lowest BCUT2D eigenvalue weighted by molar-refractivity contribution is -0.545. The van der Waals surface area contributed by atoms with Crippen molar-refractivity contribution in [1.29, 1.82) is 0 Å². The van der Waals surface area contributed by atoms with Crippen LogP contribution in [0.15, 0.2) is 54.6 Å². The second kappa shape index (κ2) is 5.83. The van der Waals surface area contributed by atoms with E-state index in [-0.39, 0.29) is 0 Å². The van der Waals surface area contributed by atoms with E-state index in [1.807, 2.05) is 30.3 Å². The normalized spacial score (nSPS) is 13.2. The molecule has 0 saturated carbocycles. The van der Waals surface area contributed by atoms with Crippen molar-refractivity contribution in [3.63, 3.8) is 0 Å². The van der Waals surface area contributed by atoms with Crippen LogP contribution in [0.25, 0.3) is 0 Å². The molecule has 0 aliphatic heterocycles. The van der Waals surface area contributed by atoms with Gasteiger partial charge in [0.15, 0.2) is 11.8 Å². The minimum absolute atomic E-state index is 0.423. The average Bonchev–Trinajstić information content (AvgIpc) is 2.47. The molecule has 22 heavy (non-hydrogen) atoms. The molecule has 2 rings (SSSR count). The molecule has 0 aliphatic rings. The summed E-state index contributed by atoms with van der Waals surface area (Å²) in [5, 5.41) is 12.4. The van der Waals surface area contributed by atoms with Gasteiger partial charge in [0.25, 0.3) is 0 Å². The van der Waals surface area contributed by atoms with Crippen LogP contribution in [0.4, 0.5) is 13.2 Å². The molecule has 0 radical (unpaired) electrons. The minimum Gasteiger partial charge on any atom is -0.623 e. The van der Waals surface area contributed by atoms with Gasteiger partial charge in [0.05, 0.1) is 5.56 Å². The van der Waals surface area contributed by atoms with Crippen LogP contribution in [0.2, 0.25) is 0 Å². The van der Waals surface area contributed by atoms with Crippen LogP contribution in [0.5, 0.6) is 0 Å². The Labute approximate surface area is 127 Å². The fourth-order valence-corrected chi connectivity index (χ4v) is 2.03. The van der Waals surface area contributed by atoms with E-state index < -0.39 is 17.3 Å². The maximum atomic E-state index is 12.5. The molecule has 0 fully saturated rings. The Morgan fingerprint density at radius 2 is 1.41 bits per heavy atom. The summed E-state index contributed by atoms with van der Waals surface area (Å²) in [6.45, 7) is 3.52. The SMILES string of the molecule is CC(C)(c1ccccc1)[N+]([O-])=Cc1ccc(C(F)(F)F)cc1. The Balaban J connectivity index is 2.29. The van der Waals surface area contributed by atoms with Gasteiger partial charge in [0.2, 0.25) is 0 Å². The average molecular weight is 307 g/mol. The van der Waals surface area contributed by atoms with Crippen molar-refractivity contribution in [2.45, 2.75) is 25.6 Å². The summed E-state index contributed by atoms with van der Waals surface area (Å²) in [4.78, 5) is 0. The Kier molecular flexibility index (Phi) is 4.26. The Hall–Kier alpha value is -2.30. The predicted octanol–water partition coefficient (Wildman–Crippen LogP) is 4.57. The topological polar surface area (TPSA) is 26.1 Å². The van der Waals surface area contributed by atoms with Gasteiger partial charge >= 0.3 is 6.18 Å². The third-order valence-electron chi connectivity index (χ3n) is 3.54. The van der Waals surface area contributed by atoms with E-state index in [4.69, 9.17) is 0 Å². The number of hydroxylamine groups is 1. The van der Waals surface area contributed by atoms with E-state index in [1.54, 1.807) is 13.8 Å². The highest BCUT2D eigenvalue weighted by Gasteiger charge is 2.31. The highest BCUT2D eigenvalue weighted by atomic mass is 19.4. The summed E-state index contributed by atoms with van der Waals surface area (Å²) in [7, 11) is 0. The predicted molar refractivity (Wildman–Crippen MR) is 79.7 cm³/mol. The molecule has 0 saturated heterocycles. The number of hydrogen-bond acceptors (Lipinski definition) is 1. The molecule has 0 atom stereocenters. The van der Waals surface area contributed by atoms with Gasteiger partial charge in [-0.05, 0) is 24.3 Å². The molecule has 0 unspecified atom stereocenters. The Morgan fingerprint density at radius 1 is 0.864 bits per heavy atom. The van der Waals surface area contributed by atoms with Crippen molar-refractivity contribution in [1.82, 2.24) is 0 Å². The number of alkyl halides is 3. The second-order valence-corrected chi connectivity index (χ2v) is 5.50. The molecule has 116 valence electrons. The fraction of sp³-hybridized carbons (Fsp3) is 0.235. The first-order valence-corrected chi connectivity index (χ1v) is 6.75. The number of nitrogens with zero attached hydrogens (tertiary/aromatic N) is 1. The molecule has 0 amide bonds. The molecule has 0 heterocycles. The summed E-state index contributed by atoms with van der Waals surface area (Å²) >= 11 is 0. The van der Waals surface area contributed by atoms with E-state index in [2.05, 4.69) is 0 Å². The molecule has 2 nitrogen and oxygen atoms in total. The van der Waals surface area contributed by atoms with Gasteiger partial charge in [0, 0.05) is 25.0 Å². The van der Waals surface area contributed by atoms with E-state index in [9.17, 15) is 18.4 Å². The van der Waals surface area contributed by atoms with Crippen LogP contribution >= 0.6 is 0 Å². The Morgan fingerprint density at radius 3 is 1.91 bits per heavy atom. The molecule has 0 spiro atoms. The summed E-state index contributed by atoms with van der Waals surface area (Å²) in [5.41, 5.74) is -0.297. The van der Waals surface area contributed by atoms with Crippen molar-refractivity contribution in [2.24, 2.45) is 0 Å². The molecule has 0 bridgehead atoms. The molecule has 0 N–H and O–H groups in total. The molecule has 0 aliphatic carbocycles. The first-order chi connectivity index (χ1) is 10.2.